The lowest BCUT2D eigenvalue weighted by molar-refractivity contribution is 0.322. The molecule has 0 spiro atoms. The smallest absolute Gasteiger partial charge is 0.0733 e. The zero-order valence-corrected chi connectivity index (χ0v) is 10.9. The van der Waals surface area contributed by atoms with Gasteiger partial charge in [0, 0.05) is 18.3 Å². The maximum atomic E-state index is 8.58. The van der Waals surface area contributed by atoms with E-state index in [1.165, 1.54) is 17.5 Å². The first-order valence-electron chi connectivity index (χ1n) is 6.01. The number of hydrogen-bond donors (Lipinski definition) is 1. The van der Waals surface area contributed by atoms with Crippen molar-refractivity contribution in [2.24, 2.45) is 5.16 Å². The summed E-state index contributed by atoms with van der Waals surface area (Å²) in [5.74, 6) is 0.531. The van der Waals surface area contributed by atoms with Gasteiger partial charge >= 0.3 is 0 Å². The van der Waals surface area contributed by atoms with Crippen molar-refractivity contribution in [3.8, 4) is 0 Å². The largest absolute Gasteiger partial charge is 0.411 e. The van der Waals surface area contributed by atoms with Gasteiger partial charge in [-0.05, 0) is 49.4 Å². The second-order valence-electron chi connectivity index (χ2n) is 5.54. The molecule has 1 atom stereocenters. The fraction of sp³-hybridized carbons (Fsp3) is 0.500. The van der Waals surface area contributed by atoms with Crippen molar-refractivity contribution in [3.63, 3.8) is 0 Å². The standard InChI is InChI=1S/C14H20N2O/c1-10-8-14(2,3)16(4)13-6-5-11(9-15-17)7-12(10)13/h5-7,9-10,17H,8H2,1-4H3/t10-/m1/s1. The van der Waals surface area contributed by atoms with Crippen LogP contribution in [0.2, 0.25) is 0 Å². The SMILES string of the molecule is C[C@@H]1CC(C)(C)N(C)c2ccc(C=NO)cc21. The van der Waals surface area contributed by atoms with Crippen LogP contribution in [0.4, 0.5) is 5.69 Å². The Balaban J connectivity index is 2.49. The summed E-state index contributed by atoms with van der Waals surface area (Å²) < 4.78 is 0. The molecule has 1 heterocycles. The lowest BCUT2D eigenvalue weighted by Gasteiger charge is -2.45. The molecular formula is C14H20N2O. The van der Waals surface area contributed by atoms with E-state index in [4.69, 9.17) is 5.21 Å². The average molecular weight is 232 g/mol. The molecule has 92 valence electrons. The molecule has 0 radical (unpaired) electrons. The molecule has 1 aromatic carbocycles. The van der Waals surface area contributed by atoms with Crippen LogP contribution in [-0.4, -0.2) is 24.0 Å². The Bertz CT molecular complexity index is 452. The third-order valence-electron chi connectivity index (χ3n) is 3.86. The van der Waals surface area contributed by atoms with Gasteiger partial charge in [0.2, 0.25) is 0 Å². The number of fused-ring (bicyclic) bond motifs is 1. The Hall–Kier alpha value is -1.51. The Morgan fingerprint density at radius 1 is 1.47 bits per heavy atom. The fourth-order valence-electron chi connectivity index (χ4n) is 2.74. The van der Waals surface area contributed by atoms with Gasteiger partial charge in [-0.1, -0.05) is 18.1 Å². The Kier molecular flexibility index (Phi) is 2.86. The van der Waals surface area contributed by atoms with Gasteiger partial charge in [0.1, 0.15) is 0 Å². The normalized spacial score (nSPS) is 22.8. The van der Waals surface area contributed by atoms with E-state index in [1.54, 1.807) is 0 Å². The summed E-state index contributed by atoms with van der Waals surface area (Å²) in [6, 6.07) is 6.22. The van der Waals surface area contributed by atoms with Gasteiger partial charge in [-0.3, -0.25) is 0 Å². The van der Waals surface area contributed by atoms with Gasteiger partial charge in [0.25, 0.3) is 0 Å². The molecule has 0 aromatic heterocycles. The summed E-state index contributed by atoms with van der Waals surface area (Å²) >= 11 is 0. The number of anilines is 1. The number of rotatable bonds is 1. The van der Waals surface area contributed by atoms with Crippen LogP contribution in [-0.2, 0) is 0 Å². The molecule has 1 N–H and O–H groups in total. The van der Waals surface area contributed by atoms with Crippen molar-refractivity contribution in [2.75, 3.05) is 11.9 Å². The molecule has 0 aliphatic carbocycles. The number of benzene rings is 1. The van der Waals surface area contributed by atoms with E-state index in [0.717, 1.165) is 12.0 Å². The van der Waals surface area contributed by atoms with Crippen molar-refractivity contribution in [1.29, 1.82) is 0 Å². The minimum absolute atomic E-state index is 0.193. The van der Waals surface area contributed by atoms with Crippen LogP contribution in [0, 0.1) is 0 Å². The minimum Gasteiger partial charge on any atom is -0.411 e. The minimum atomic E-state index is 0.193. The van der Waals surface area contributed by atoms with E-state index in [9.17, 15) is 0 Å². The van der Waals surface area contributed by atoms with Crippen LogP contribution in [0.5, 0.6) is 0 Å². The molecule has 3 nitrogen and oxygen atoms in total. The van der Waals surface area contributed by atoms with Crippen molar-refractivity contribution in [3.05, 3.63) is 29.3 Å². The Morgan fingerprint density at radius 3 is 2.82 bits per heavy atom. The third-order valence-corrected chi connectivity index (χ3v) is 3.86. The second kappa shape index (κ2) is 4.06. The molecule has 3 heteroatoms. The van der Waals surface area contributed by atoms with Gasteiger partial charge in [-0.15, -0.1) is 0 Å². The summed E-state index contributed by atoms with van der Waals surface area (Å²) in [6.45, 7) is 6.80. The molecule has 1 aliphatic rings. The lowest BCUT2D eigenvalue weighted by atomic mass is 9.80. The van der Waals surface area contributed by atoms with Gasteiger partial charge < -0.3 is 10.1 Å². The third kappa shape index (κ3) is 2.02. The van der Waals surface area contributed by atoms with Crippen molar-refractivity contribution in [2.45, 2.75) is 38.6 Å². The van der Waals surface area contributed by atoms with Crippen LogP contribution >= 0.6 is 0 Å². The Morgan fingerprint density at radius 2 is 2.18 bits per heavy atom. The number of oxime groups is 1. The van der Waals surface area contributed by atoms with E-state index in [-0.39, 0.29) is 5.54 Å². The Labute approximate surface area is 103 Å². The van der Waals surface area contributed by atoms with Crippen LogP contribution < -0.4 is 4.90 Å². The van der Waals surface area contributed by atoms with Crippen molar-refractivity contribution < 1.29 is 5.21 Å². The van der Waals surface area contributed by atoms with Gasteiger partial charge in [0.15, 0.2) is 0 Å². The maximum absolute atomic E-state index is 8.58. The molecule has 2 rings (SSSR count). The first kappa shape index (κ1) is 12.0. The number of nitrogens with zero attached hydrogens (tertiary/aromatic N) is 2. The molecule has 17 heavy (non-hydrogen) atoms. The monoisotopic (exact) mass is 232 g/mol. The zero-order chi connectivity index (χ0) is 12.6. The van der Waals surface area contributed by atoms with Crippen molar-refractivity contribution >= 4 is 11.9 Å². The highest BCUT2D eigenvalue weighted by Gasteiger charge is 2.33. The highest BCUT2D eigenvalue weighted by molar-refractivity contribution is 5.81. The van der Waals surface area contributed by atoms with E-state index >= 15 is 0 Å². The summed E-state index contributed by atoms with van der Waals surface area (Å²) in [4.78, 5) is 2.34. The van der Waals surface area contributed by atoms with Crippen LogP contribution in [0.3, 0.4) is 0 Å². The van der Waals surface area contributed by atoms with Gasteiger partial charge in [0.05, 0.1) is 6.21 Å². The molecule has 0 saturated carbocycles. The van der Waals surface area contributed by atoms with Gasteiger partial charge in [-0.2, -0.15) is 0 Å². The summed E-state index contributed by atoms with van der Waals surface area (Å²) in [5.41, 5.74) is 3.76. The summed E-state index contributed by atoms with van der Waals surface area (Å²) in [5, 5.41) is 11.7. The first-order chi connectivity index (χ1) is 7.95. The van der Waals surface area contributed by atoms with Crippen LogP contribution in [0.15, 0.2) is 23.4 Å². The lowest BCUT2D eigenvalue weighted by Crippen LogP contribution is -2.45. The number of hydrogen-bond acceptors (Lipinski definition) is 3. The zero-order valence-electron chi connectivity index (χ0n) is 10.9. The van der Waals surface area contributed by atoms with Crippen LogP contribution in [0.1, 0.15) is 44.2 Å². The molecule has 0 bridgehead atoms. The molecule has 0 amide bonds. The van der Waals surface area contributed by atoms with Crippen molar-refractivity contribution in [1.82, 2.24) is 0 Å². The molecule has 1 aliphatic heterocycles. The first-order valence-corrected chi connectivity index (χ1v) is 6.01. The topological polar surface area (TPSA) is 35.8 Å². The average Bonchev–Trinajstić information content (AvgIpc) is 2.26. The summed E-state index contributed by atoms with van der Waals surface area (Å²) in [6.07, 6.45) is 2.61. The quantitative estimate of drug-likeness (QED) is 0.458. The van der Waals surface area contributed by atoms with E-state index < -0.39 is 0 Å². The predicted molar refractivity (Wildman–Crippen MR) is 71.3 cm³/mol. The molecule has 0 fully saturated rings. The molecular weight excluding hydrogens is 212 g/mol. The molecule has 0 unspecified atom stereocenters. The van der Waals surface area contributed by atoms with E-state index in [0.29, 0.717) is 5.92 Å². The maximum Gasteiger partial charge on any atom is 0.0733 e. The fourth-order valence-corrected chi connectivity index (χ4v) is 2.74. The molecule has 0 saturated heterocycles. The van der Waals surface area contributed by atoms with E-state index in [1.807, 2.05) is 6.07 Å². The van der Waals surface area contributed by atoms with Crippen LogP contribution in [0.25, 0.3) is 0 Å². The van der Waals surface area contributed by atoms with E-state index in [2.05, 4.69) is 50.0 Å². The molecule has 1 aromatic rings. The summed E-state index contributed by atoms with van der Waals surface area (Å²) in [7, 11) is 2.14. The predicted octanol–water partition coefficient (Wildman–Crippen LogP) is 3.22. The second-order valence-corrected chi connectivity index (χ2v) is 5.54. The van der Waals surface area contributed by atoms with Gasteiger partial charge in [-0.25, -0.2) is 0 Å². The highest BCUT2D eigenvalue weighted by Crippen LogP contribution is 2.42. The highest BCUT2D eigenvalue weighted by atomic mass is 16.4.